The fourth-order valence-electron chi connectivity index (χ4n) is 0.351. The molecule has 0 aliphatic carbocycles. The van der Waals surface area contributed by atoms with Gasteiger partial charge in [-0.1, -0.05) is 0 Å². The summed E-state index contributed by atoms with van der Waals surface area (Å²) in [4.78, 5) is 11.4. The second-order valence-electron chi connectivity index (χ2n) is 1.30. The number of hydrogen-bond acceptors (Lipinski definition) is 3. The number of rotatable bonds is 0. The molecule has 42 valence electrons. The molecule has 4 heteroatoms. The second kappa shape index (κ2) is 2.17. The van der Waals surface area contributed by atoms with Crippen molar-refractivity contribution in [3.8, 4) is 0 Å². The van der Waals surface area contributed by atoms with E-state index in [1.807, 2.05) is 6.92 Å². The van der Waals surface area contributed by atoms with Crippen LogP contribution in [-0.4, -0.2) is 15.0 Å². The minimum Gasteiger partial charge on any atom is -0.222 e. The molecule has 0 aliphatic heterocycles. The summed E-state index contributed by atoms with van der Waals surface area (Å²) in [5.41, 5.74) is 0. The van der Waals surface area contributed by atoms with Crippen molar-refractivity contribution < 1.29 is 0 Å². The van der Waals surface area contributed by atoms with E-state index in [2.05, 4.69) is 30.9 Å². The minimum absolute atomic E-state index is 0.588. The van der Waals surface area contributed by atoms with Gasteiger partial charge in [0.25, 0.3) is 0 Å². The average Bonchev–Trinajstić information content (AvgIpc) is 1.64. The summed E-state index contributed by atoms with van der Waals surface area (Å²) >= 11 is 3.10. The number of halogens is 1. The zero-order chi connectivity index (χ0) is 5.98. The van der Waals surface area contributed by atoms with Gasteiger partial charge in [0.05, 0.1) is 0 Å². The van der Waals surface area contributed by atoms with E-state index in [4.69, 9.17) is 0 Å². The molecule has 1 aromatic heterocycles. The molecule has 0 fully saturated rings. The van der Waals surface area contributed by atoms with Crippen LogP contribution in [0, 0.1) is 6.92 Å². The fraction of sp³-hybridized carbons (Fsp3) is 0.250. The highest BCUT2D eigenvalue weighted by Crippen LogP contribution is 1.96. The number of hydrogen-bond donors (Lipinski definition) is 0. The molecule has 0 amide bonds. The Morgan fingerprint density at radius 1 is 1.50 bits per heavy atom. The van der Waals surface area contributed by atoms with E-state index in [-0.39, 0.29) is 0 Å². The van der Waals surface area contributed by atoms with Gasteiger partial charge in [-0.2, -0.15) is 0 Å². The van der Waals surface area contributed by atoms with Gasteiger partial charge in [-0.05, 0) is 22.9 Å². The molecule has 0 radical (unpaired) electrons. The Kier molecular flexibility index (Phi) is 1.53. The lowest BCUT2D eigenvalue weighted by Crippen LogP contribution is -1.88. The molecule has 8 heavy (non-hydrogen) atoms. The van der Waals surface area contributed by atoms with Crippen molar-refractivity contribution in [2.45, 2.75) is 6.92 Å². The van der Waals surface area contributed by atoms with Crippen LogP contribution in [0.15, 0.2) is 11.1 Å². The lowest BCUT2D eigenvalue weighted by molar-refractivity contribution is 0.944. The third-order valence-electron chi connectivity index (χ3n) is 0.663. The maximum atomic E-state index is 3.87. The van der Waals surface area contributed by atoms with Crippen LogP contribution < -0.4 is 0 Å². The summed E-state index contributed by atoms with van der Waals surface area (Å²) in [6.45, 7) is 1.81. The van der Waals surface area contributed by atoms with Crippen LogP contribution in [0.25, 0.3) is 0 Å². The fourth-order valence-corrected chi connectivity index (χ4v) is 0.700. The van der Waals surface area contributed by atoms with Crippen molar-refractivity contribution in [1.82, 2.24) is 15.0 Å². The summed E-state index contributed by atoms with van der Waals surface area (Å²) in [7, 11) is 0. The van der Waals surface area contributed by atoms with Crippen LogP contribution in [0.3, 0.4) is 0 Å². The zero-order valence-electron chi connectivity index (χ0n) is 4.30. The molecule has 0 N–H and O–H groups in total. The van der Waals surface area contributed by atoms with Gasteiger partial charge >= 0.3 is 0 Å². The van der Waals surface area contributed by atoms with Crippen LogP contribution in [0.4, 0.5) is 0 Å². The van der Waals surface area contributed by atoms with Gasteiger partial charge in [-0.3, -0.25) is 0 Å². The maximum absolute atomic E-state index is 3.87. The monoisotopic (exact) mass is 173 g/mol. The van der Waals surface area contributed by atoms with Gasteiger partial charge in [0.1, 0.15) is 12.2 Å². The molecule has 0 saturated carbocycles. The van der Waals surface area contributed by atoms with E-state index in [0.717, 1.165) is 5.82 Å². The van der Waals surface area contributed by atoms with Gasteiger partial charge in [-0.25, -0.2) is 15.0 Å². The Bertz CT molecular complexity index is 171. The lowest BCUT2D eigenvalue weighted by atomic mass is 10.7. The zero-order valence-corrected chi connectivity index (χ0v) is 5.88. The van der Waals surface area contributed by atoms with Crippen LogP contribution in [0.5, 0.6) is 0 Å². The number of aryl methyl sites for hydroxylation is 1. The standard InChI is InChI=1S/C4H4BrN3/c1-3-6-2-7-4(5)8-3/h2H,1H3. The molecular weight excluding hydrogens is 170 g/mol. The average molecular weight is 174 g/mol. The quantitative estimate of drug-likeness (QED) is 0.587. The summed E-state index contributed by atoms with van der Waals surface area (Å²) < 4.78 is 0.588. The third kappa shape index (κ3) is 1.23. The topological polar surface area (TPSA) is 38.7 Å². The highest BCUT2D eigenvalue weighted by molar-refractivity contribution is 9.10. The van der Waals surface area contributed by atoms with E-state index in [9.17, 15) is 0 Å². The first kappa shape index (κ1) is 5.62. The predicted octanol–water partition coefficient (Wildman–Crippen LogP) is 0.943. The summed E-state index contributed by atoms with van der Waals surface area (Å²) in [5, 5.41) is 0. The number of nitrogens with zero attached hydrogens (tertiary/aromatic N) is 3. The molecule has 0 bridgehead atoms. The number of aromatic nitrogens is 3. The Balaban J connectivity index is 3.08. The van der Waals surface area contributed by atoms with Crippen LogP contribution in [-0.2, 0) is 0 Å². The molecule has 3 nitrogen and oxygen atoms in total. The molecule has 0 atom stereocenters. The van der Waals surface area contributed by atoms with Gasteiger partial charge < -0.3 is 0 Å². The van der Waals surface area contributed by atoms with Crippen LogP contribution >= 0.6 is 15.9 Å². The lowest BCUT2D eigenvalue weighted by Gasteiger charge is -1.86. The molecule has 0 unspecified atom stereocenters. The largest absolute Gasteiger partial charge is 0.222 e. The van der Waals surface area contributed by atoms with Crippen molar-refractivity contribution in [2.75, 3.05) is 0 Å². The molecule has 0 spiro atoms. The first-order chi connectivity index (χ1) is 3.79. The Morgan fingerprint density at radius 3 is 2.62 bits per heavy atom. The Labute approximate surface area is 55.3 Å². The van der Waals surface area contributed by atoms with Crippen LogP contribution in [0.2, 0.25) is 0 Å². The highest BCUT2D eigenvalue weighted by atomic mass is 79.9. The molecule has 0 aliphatic rings. The third-order valence-corrected chi connectivity index (χ3v) is 1.04. The van der Waals surface area contributed by atoms with Crippen molar-refractivity contribution in [1.29, 1.82) is 0 Å². The van der Waals surface area contributed by atoms with E-state index in [1.54, 1.807) is 0 Å². The van der Waals surface area contributed by atoms with Gasteiger partial charge in [0.2, 0.25) is 0 Å². The van der Waals surface area contributed by atoms with E-state index in [1.165, 1.54) is 6.33 Å². The molecule has 1 heterocycles. The first-order valence-corrected chi connectivity index (χ1v) is 2.89. The SMILES string of the molecule is Cc1ncnc(Br)n1. The molecule has 0 saturated heterocycles. The van der Waals surface area contributed by atoms with Crippen molar-refractivity contribution >= 4 is 15.9 Å². The van der Waals surface area contributed by atoms with E-state index < -0.39 is 0 Å². The van der Waals surface area contributed by atoms with Crippen molar-refractivity contribution in [3.05, 3.63) is 16.9 Å². The highest BCUT2D eigenvalue weighted by Gasteiger charge is 1.86. The predicted molar refractivity (Wildman–Crippen MR) is 32.3 cm³/mol. The van der Waals surface area contributed by atoms with Gasteiger partial charge in [0, 0.05) is 0 Å². The summed E-state index contributed by atoms with van der Waals surface area (Å²) in [6, 6.07) is 0. The first-order valence-electron chi connectivity index (χ1n) is 2.10. The minimum atomic E-state index is 0.588. The maximum Gasteiger partial charge on any atom is 0.199 e. The van der Waals surface area contributed by atoms with Crippen molar-refractivity contribution in [3.63, 3.8) is 0 Å². The van der Waals surface area contributed by atoms with Gasteiger partial charge in [0.15, 0.2) is 4.73 Å². The smallest absolute Gasteiger partial charge is 0.199 e. The molecule has 0 aromatic carbocycles. The van der Waals surface area contributed by atoms with Gasteiger partial charge in [-0.15, -0.1) is 0 Å². The normalized spacial score (nSPS) is 9.25. The second-order valence-corrected chi connectivity index (χ2v) is 2.01. The van der Waals surface area contributed by atoms with Crippen molar-refractivity contribution in [2.24, 2.45) is 0 Å². The van der Waals surface area contributed by atoms with E-state index in [0.29, 0.717) is 4.73 Å². The summed E-state index contributed by atoms with van der Waals surface area (Å²) in [6.07, 6.45) is 1.46. The Morgan fingerprint density at radius 2 is 2.25 bits per heavy atom. The Hall–Kier alpha value is -0.510. The summed E-state index contributed by atoms with van der Waals surface area (Å²) in [5.74, 6) is 0.729. The molecular formula is C4H4BrN3. The molecule has 1 rings (SSSR count). The van der Waals surface area contributed by atoms with Crippen LogP contribution in [0.1, 0.15) is 5.82 Å². The molecule has 1 aromatic rings. The van der Waals surface area contributed by atoms with E-state index >= 15 is 0 Å².